The molecule has 17 heavy (non-hydrogen) atoms. The lowest BCUT2D eigenvalue weighted by Gasteiger charge is -2.14. The fraction of sp³-hybridized carbons (Fsp3) is 0.417. The molecule has 0 saturated carbocycles. The van der Waals surface area contributed by atoms with Gasteiger partial charge in [0.2, 0.25) is 0 Å². The van der Waals surface area contributed by atoms with Crippen LogP contribution < -0.4 is 10.1 Å². The van der Waals surface area contributed by atoms with Gasteiger partial charge in [0.05, 0.1) is 24.8 Å². The van der Waals surface area contributed by atoms with Crippen LogP contribution in [0.25, 0.3) is 0 Å². The third-order valence-corrected chi connectivity index (χ3v) is 2.13. The van der Waals surface area contributed by atoms with Crippen molar-refractivity contribution < 1.29 is 19.7 Å². The number of carboxylic acid groups (broad SMARTS) is 1. The van der Waals surface area contributed by atoms with E-state index in [-0.39, 0.29) is 13.0 Å². The third kappa shape index (κ3) is 4.74. The van der Waals surface area contributed by atoms with Crippen molar-refractivity contribution in [2.24, 2.45) is 0 Å². The summed E-state index contributed by atoms with van der Waals surface area (Å²) in [4.78, 5) is 10.4. The Kier molecular flexibility index (Phi) is 5.29. The number of carbonyl (C=O) groups is 1. The zero-order valence-electron chi connectivity index (χ0n) is 9.72. The first-order valence-electron chi connectivity index (χ1n) is 5.49. The fourth-order valence-electron chi connectivity index (χ4n) is 1.40. The number of para-hydroxylation sites is 2. The van der Waals surface area contributed by atoms with Gasteiger partial charge in [-0.25, -0.2) is 0 Å². The number of nitrogens with one attached hydrogen (secondary N) is 1. The highest BCUT2D eigenvalue weighted by atomic mass is 16.5. The predicted molar refractivity (Wildman–Crippen MR) is 64.4 cm³/mol. The molecule has 5 heteroatoms. The minimum absolute atomic E-state index is 0.177. The van der Waals surface area contributed by atoms with Crippen LogP contribution in [0.2, 0.25) is 0 Å². The number of benzene rings is 1. The van der Waals surface area contributed by atoms with E-state index in [1.54, 1.807) is 0 Å². The first-order chi connectivity index (χ1) is 8.13. The van der Waals surface area contributed by atoms with E-state index in [2.05, 4.69) is 5.32 Å². The van der Waals surface area contributed by atoms with Gasteiger partial charge >= 0.3 is 5.97 Å². The van der Waals surface area contributed by atoms with E-state index < -0.39 is 12.1 Å². The van der Waals surface area contributed by atoms with Gasteiger partial charge in [-0.05, 0) is 19.1 Å². The molecular formula is C12H17NO4. The molecule has 0 aliphatic heterocycles. The third-order valence-electron chi connectivity index (χ3n) is 2.13. The van der Waals surface area contributed by atoms with Crippen LogP contribution in [0.5, 0.6) is 5.75 Å². The maximum atomic E-state index is 10.4. The number of ether oxygens (including phenoxy) is 1. The Morgan fingerprint density at radius 1 is 1.47 bits per heavy atom. The number of hydrogen-bond donors (Lipinski definition) is 3. The minimum atomic E-state index is -1.02. The van der Waals surface area contributed by atoms with Crippen LogP contribution in [0, 0.1) is 0 Å². The number of carboxylic acids is 1. The molecule has 0 fully saturated rings. The van der Waals surface area contributed by atoms with Gasteiger partial charge in [-0.1, -0.05) is 12.1 Å². The van der Waals surface area contributed by atoms with Crippen molar-refractivity contribution in [3.05, 3.63) is 24.3 Å². The van der Waals surface area contributed by atoms with Crippen molar-refractivity contribution in [1.29, 1.82) is 0 Å². The van der Waals surface area contributed by atoms with Gasteiger partial charge in [0.1, 0.15) is 5.75 Å². The average molecular weight is 239 g/mol. The first kappa shape index (κ1) is 13.3. The number of aliphatic carboxylic acids is 1. The Hall–Kier alpha value is -1.75. The molecule has 0 aliphatic rings. The molecule has 0 radical (unpaired) electrons. The molecule has 1 unspecified atom stereocenters. The lowest BCUT2D eigenvalue weighted by Crippen LogP contribution is -2.22. The van der Waals surface area contributed by atoms with Crippen LogP contribution in [0.3, 0.4) is 0 Å². The first-order valence-corrected chi connectivity index (χ1v) is 5.49. The largest absolute Gasteiger partial charge is 0.492 e. The Bertz CT molecular complexity index is 367. The summed E-state index contributed by atoms with van der Waals surface area (Å²) in [6.07, 6.45) is -1.19. The van der Waals surface area contributed by atoms with E-state index in [1.807, 2.05) is 31.2 Å². The van der Waals surface area contributed by atoms with E-state index in [1.165, 1.54) is 0 Å². The van der Waals surface area contributed by atoms with E-state index in [4.69, 9.17) is 9.84 Å². The predicted octanol–water partition coefficient (Wildman–Crippen LogP) is 1.33. The summed E-state index contributed by atoms with van der Waals surface area (Å²) in [5.74, 6) is -0.324. The highest BCUT2D eigenvalue weighted by molar-refractivity contribution is 5.67. The van der Waals surface area contributed by atoms with Crippen molar-refractivity contribution in [2.75, 3.05) is 18.5 Å². The van der Waals surface area contributed by atoms with E-state index in [0.29, 0.717) is 12.4 Å². The number of aliphatic hydroxyl groups excluding tert-OH is 1. The van der Waals surface area contributed by atoms with Crippen LogP contribution in [-0.2, 0) is 4.79 Å². The number of hydrogen-bond acceptors (Lipinski definition) is 4. The molecule has 0 aromatic heterocycles. The lowest BCUT2D eigenvalue weighted by molar-refractivity contribution is -0.138. The van der Waals surface area contributed by atoms with Crippen molar-refractivity contribution in [3.8, 4) is 5.75 Å². The molecule has 94 valence electrons. The summed E-state index contributed by atoms with van der Waals surface area (Å²) in [5.41, 5.74) is 0.749. The summed E-state index contributed by atoms with van der Waals surface area (Å²) in [7, 11) is 0. The zero-order valence-corrected chi connectivity index (χ0v) is 9.72. The highest BCUT2D eigenvalue weighted by Crippen LogP contribution is 2.23. The molecule has 1 aromatic rings. The fourth-order valence-corrected chi connectivity index (χ4v) is 1.40. The smallest absolute Gasteiger partial charge is 0.306 e. The topological polar surface area (TPSA) is 78.8 Å². The highest BCUT2D eigenvalue weighted by Gasteiger charge is 2.10. The number of rotatable bonds is 7. The molecule has 0 bridgehead atoms. The second-order valence-corrected chi connectivity index (χ2v) is 3.56. The number of anilines is 1. The molecule has 1 rings (SSSR count). The SMILES string of the molecule is CCOc1ccccc1NCC(O)CC(=O)O. The van der Waals surface area contributed by atoms with Gasteiger partial charge in [0.25, 0.3) is 0 Å². The van der Waals surface area contributed by atoms with Gasteiger partial charge in [0, 0.05) is 6.54 Å². The average Bonchev–Trinajstić information content (AvgIpc) is 2.27. The van der Waals surface area contributed by atoms with Crippen LogP contribution in [-0.4, -0.2) is 35.4 Å². The van der Waals surface area contributed by atoms with E-state index in [9.17, 15) is 9.90 Å². The molecule has 0 saturated heterocycles. The van der Waals surface area contributed by atoms with E-state index in [0.717, 1.165) is 5.69 Å². The maximum Gasteiger partial charge on any atom is 0.306 e. The second kappa shape index (κ2) is 6.75. The summed E-state index contributed by atoms with van der Waals surface area (Å²) in [6.45, 7) is 2.61. The van der Waals surface area contributed by atoms with Crippen molar-refractivity contribution in [2.45, 2.75) is 19.4 Å². The Labute approximate surface area is 100 Å². The molecule has 5 nitrogen and oxygen atoms in total. The standard InChI is InChI=1S/C12H17NO4/c1-2-17-11-6-4-3-5-10(11)13-8-9(14)7-12(15)16/h3-6,9,13-14H,2,7-8H2,1H3,(H,15,16). The van der Waals surface area contributed by atoms with Gasteiger partial charge in [-0.2, -0.15) is 0 Å². The van der Waals surface area contributed by atoms with Crippen molar-refractivity contribution >= 4 is 11.7 Å². The molecule has 0 heterocycles. The minimum Gasteiger partial charge on any atom is -0.492 e. The summed E-state index contributed by atoms with van der Waals surface area (Å²) in [6, 6.07) is 7.33. The van der Waals surface area contributed by atoms with Crippen LogP contribution in [0.15, 0.2) is 24.3 Å². The van der Waals surface area contributed by atoms with Crippen LogP contribution in [0.1, 0.15) is 13.3 Å². The molecular weight excluding hydrogens is 222 g/mol. The van der Waals surface area contributed by atoms with Crippen molar-refractivity contribution in [3.63, 3.8) is 0 Å². The van der Waals surface area contributed by atoms with Gasteiger partial charge in [-0.15, -0.1) is 0 Å². The Morgan fingerprint density at radius 3 is 2.82 bits per heavy atom. The van der Waals surface area contributed by atoms with Crippen LogP contribution in [0.4, 0.5) is 5.69 Å². The second-order valence-electron chi connectivity index (χ2n) is 3.56. The summed E-state index contributed by atoms with van der Waals surface area (Å²) >= 11 is 0. The molecule has 1 atom stereocenters. The van der Waals surface area contributed by atoms with Crippen molar-refractivity contribution in [1.82, 2.24) is 0 Å². The summed E-state index contributed by atoms with van der Waals surface area (Å²) < 4.78 is 5.39. The Morgan fingerprint density at radius 2 is 2.18 bits per heavy atom. The zero-order chi connectivity index (χ0) is 12.7. The van der Waals surface area contributed by atoms with Gasteiger partial charge < -0.3 is 20.3 Å². The number of aliphatic hydroxyl groups is 1. The van der Waals surface area contributed by atoms with Gasteiger partial charge in [0.15, 0.2) is 0 Å². The van der Waals surface area contributed by atoms with Crippen LogP contribution >= 0.6 is 0 Å². The van der Waals surface area contributed by atoms with Gasteiger partial charge in [-0.3, -0.25) is 4.79 Å². The molecule has 0 aliphatic carbocycles. The normalized spacial score (nSPS) is 11.9. The quantitative estimate of drug-likeness (QED) is 0.669. The molecule has 0 spiro atoms. The molecule has 3 N–H and O–H groups in total. The molecule has 1 aromatic carbocycles. The monoisotopic (exact) mass is 239 g/mol. The Balaban J connectivity index is 2.53. The summed E-state index contributed by atoms with van der Waals surface area (Å²) in [5, 5.41) is 20.9. The maximum absolute atomic E-state index is 10.4. The molecule has 0 amide bonds. The van der Waals surface area contributed by atoms with E-state index >= 15 is 0 Å². The lowest BCUT2D eigenvalue weighted by atomic mass is 10.2.